The van der Waals surface area contributed by atoms with Crippen molar-refractivity contribution in [3.8, 4) is 11.5 Å². The Kier molecular flexibility index (Phi) is 5.04. The van der Waals surface area contributed by atoms with Gasteiger partial charge >= 0.3 is 0 Å². The number of benzene rings is 1. The lowest BCUT2D eigenvalue weighted by atomic mass is 9.94. The van der Waals surface area contributed by atoms with Crippen LogP contribution in [0.2, 0.25) is 0 Å². The molecule has 1 aromatic heterocycles. The number of ketones is 1. The zero-order valence-corrected chi connectivity index (χ0v) is 17.3. The fourth-order valence-electron chi connectivity index (χ4n) is 3.80. The van der Waals surface area contributed by atoms with Crippen molar-refractivity contribution in [2.75, 3.05) is 19.8 Å². The Hall–Kier alpha value is -2.87. The highest BCUT2D eigenvalue weighted by atomic mass is 32.1. The second-order valence-electron chi connectivity index (χ2n) is 7.04. The normalized spacial score (nSPS) is 18.5. The van der Waals surface area contributed by atoms with E-state index in [1.54, 1.807) is 19.1 Å². The zero-order valence-electron chi connectivity index (χ0n) is 16.5. The number of rotatable bonds is 5. The van der Waals surface area contributed by atoms with Gasteiger partial charge in [0.15, 0.2) is 17.3 Å². The second-order valence-corrected chi connectivity index (χ2v) is 8.25. The maximum absolute atomic E-state index is 13.4. The van der Waals surface area contributed by atoms with Crippen LogP contribution in [-0.4, -0.2) is 46.4 Å². The molecular formula is C21H22N2O5S. The van der Waals surface area contributed by atoms with Crippen LogP contribution in [0.4, 0.5) is 0 Å². The minimum atomic E-state index is -0.687. The number of fused-ring (bicyclic) bond motifs is 1. The van der Waals surface area contributed by atoms with E-state index < -0.39 is 17.7 Å². The third-order valence-electron chi connectivity index (χ3n) is 5.00. The van der Waals surface area contributed by atoms with E-state index in [0.29, 0.717) is 53.8 Å². The highest BCUT2D eigenvalue weighted by Crippen LogP contribution is 2.43. The molecule has 0 spiro atoms. The summed E-state index contributed by atoms with van der Waals surface area (Å²) >= 11 is 1.27. The van der Waals surface area contributed by atoms with Gasteiger partial charge in [-0.25, -0.2) is 4.98 Å². The summed E-state index contributed by atoms with van der Waals surface area (Å²) in [6, 6.07) is 4.68. The minimum absolute atomic E-state index is 0.0897. The van der Waals surface area contributed by atoms with Crippen LogP contribution in [0.3, 0.4) is 0 Å². The van der Waals surface area contributed by atoms with Gasteiger partial charge in [0.2, 0.25) is 5.78 Å². The third-order valence-corrected chi connectivity index (χ3v) is 6.08. The number of aryl methyl sites for hydroxylation is 2. The molecule has 0 aliphatic carbocycles. The van der Waals surface area contributed by atoms with E-state index in [9.17, 15) is 14.7 Å². The van der Waals surface area contributed by atoms with Gasteiger partial charge in [-0.3, -0.25) is 9.59 Å². The predicted molar refractivity (Wildman–Crippen MR) is 108 cm³/mol. The predicted octanol–water partition coefficient (Wildman–Crippen LogP) is 3.52. The van der Waals surface area contributed by atoms with E-state index in [1.807, 2.05) is 19.9 Å². The van der Waals surface area contributed by atoms with Crippen LogP contribution in [0.25, 0.3) is 0 Å². The van der Waals surface area contributed by atoms with Crippen molar-refractivity contribution in [1.82, 2.24) is 9.88 Å². The van der Waals surface area contributed by atoms with Crippen molar-refractivity contribution in [2.45, 2.75) is 33.2 Å². The minimum Gasteiger partial charge on any atom is -0.503 e. The summed E-state index contributed by atoms with van der Waals surface area (Å²) in [4.78, 5) is 32.5. The summed E-state index contributed by atoms with van der Waals surface area (Å²) in [6.45, 7) is 6.86. The lowest BCUT2D eigenvalue weighted by Gasteiger charge is -2.27. The first-order chi connectivity index (χ1) is 13.9. The number of Topliss-reactive ketones (excluding diaryl/α,β-unsaturated/α-hetero) is 1. The molecule has 1 atom stereocenters. The van der Waals surface area contributed by atoms with Gasteiger partial charge in [-0.1, -0.05) is 13.0 Å². The lowest BCUT2D eigenvalue weighted by Crippen LogP contribution is -2.32. The first-order valence-electron chi connectivity index (χ1n) is 9.54. The SMILES string of the molecule is CCCN1C(=O)C(O)=C(C(=O)c2sc(C)nc2C)C1c1ccc2c(c1)OCCO2. The van der Waals surface area contributed by atoms with Gasteiger partial charge in [-0.05, 0) is 38.0 Å². The van der Waals surface area contributed by atoms with Crippen LogP contribution in [-0.2, 0) is 4.79 Å². The van der Waals surface area contributed by atoms with Gasteiger partial charge in [0, 0.05) is 6.54 Å². The number of thiazole rings is 1. The van der Waals surface area contributed by atoms with Crippen molar-refractivity contribution in [1.29, 1.82) is 0 Å². The van der Waals surface area contributed by atoms with E-state index in [2.05, 4.69) is 4.98 Å². The van der Waals surface area contributed by atoms with E-state index in [1.165, 1.54) is 16.2 Å². The highest BCUT2D eigenvalue weighted by Gasteiger charge is 2.44. The summed E-state index contributed by atoms with van der Waals surface area (Å²) in [6.07, 6.45) is 0.695. The average molecular weight is 414 g/mol. The molecule has 0 radical (unpaired) electrons. The Morgan fingerprint density at radius 3 is 2.66 bits per heavy atom. The first kappa shape index (κ1) is 19.4. The smallest absolute Gasteiger partial charge is 0.290 e. The van der Waals surface area contributed by atoms with Crippen molar-refractivity contribution in [2.24, 2.45) is 0 Å². The molecule has 29 heavy (non-hydrogen) atoms. The molecule has 152 valence electrons. The first-order valence-corrected chi connectivity index (χ1v) is 10.4. The standard InChI is InChI=1S/C21H22N2O5S/c1-4-7-23-17(13-5-6-14-15(10-13)28-9-8-27-14)16(19(25)21(23)26)18(24)20-11(2)22-12(3)29-20/h5-6,10,17,25H,4,7-9H2,1-3H3. The average Bonchev–Trinajstić information content (AvgIpc) is 3.18. The van der Waals surface area contributed by atoms with Gasteiger partial charge in [-0.2, -0.15) is 0 Å². The van der Waals surface area contributed by atoms with Gasteiger partial charge in [0.25, 0.3) is 5.91 Å². The Labute approximate surface area is 172 Å². The number of aromatic nitrogens is 1. The summed E-state index contributed by atoms with van der Waals surface area (Å²) in [5, 5.41) is 11.4. The third kappa shape index (κ3) is 3.27. The maximum atomic E-state index is 13.4. The van der Waals surface area contributed by atoms with Crippen LogP contribution >= 0.6 is 11.3 Å². The summed E-state index contributed by atoms with van der Waals surface area (Å²) in [5.74, 6) is -0.192. The number of aliphatic hydroxyl groups is 1. The quantitative estimate of drug-likeness (QED) is 0.753. The molecule has 8 heteroatoms. The molecule has 0 bridgehead atoms. The molecule has 1 N–H and O–H groups in total. The molecule has 1 unspecified atom stereocenters. The molecule has 0 saturated carbocycles. The number of amides is 1. The van der Waals surface area contributed by atoms with Crippen LogP contribution in [0.1, 0.15) is 45.3 Å². The van der Waals surface area contributed by atoms with Crippen LogP contribution in [0, 0.1) is 13.8 Å². The number of carbonyl (C=O) groups is 2. The molecule has 4 rings (SSSR count). The van der Waals surface area contributed by atoms with Crippen LogP contribution < -0.4 is 9.47 Å². The van der Waals surface area contributed by atoms with Crippen LogP contribution in [0.15, 0.2) is 29.5 Å². The largest absolute Gasteiger partial charge is 0.503 e. The summed E-state index contributed by atoms with van der Waals surface area (Å²) in [7, 11) is 0. The number of aliphatic hydroxyl groups excluding tert-OH is 1. The van der Waals surface area contributed by atoms with E-state index in [0.717, 1.165) is 5.01 Å². The fourth-order valence-corrected chi connectivity index (χ4v) is 4.67. The van der Waals surface area contributed by atoms with Crippen molar-refractivity contribution < 1.29 is 24.2 Å². The zero-order chi connectivity index (χ0) is 20.7. The molecule has 1 aromatic carbocycles. The molecule has 2 aliphatic heterocycles. The van der Waals surface area contributed by atoms with Gasteiger partial charge in [0.1, 0.15) is 13.2 Å². The molecule has 0 fully saturated rings. The van der Waals surface area contributed by atoms with E-state index in [4.69, 9.17) is 9.47 Å². The Balaban J connectivity index is 1.82. The summed E-state index contributed by atoms with van der Waals surface area (Å²) < 4.78 is 11.3. The van der Waals surface area contributed by atoms with Gasteiger partial charge < -0.3 is 19.5 Å². The number of hydrogen-bond donors (Lipinski definition) is 1. The Bertz CT molecular complexity index is 1030. The lowest BCUT2D eigenvalue weighted by molar-refractivity contribution is -0.129. The van der Waals surface area contributed by atoms with E-state index in [-0.39, 0.29) is 11.4 Å². The molecule has 2 aliphatic rings. The van der Waals surface area contributed by atoms with Crippen molar-refractivity contribution in [3.05, 3.63) is 50.7 Å². The summed E-state index contributed by atoms with van der Waals surface area (Å²) in [5.41, 5.74) is 1.38. The Morgan fingerprint density at radius 1 is 1.28 bits per heavy atom. The van der Waals surface area contributed by atoms with Crippen molar-refractivity contribution in [3.63, 3.8) is 0 Å². The molecule has 7 nitrogen and oxygen atoms in total. The van der Waals surface area contributed by atoms with E-state index >= 15 is 0 Å². The number of nitrogens with zero attached hydrogens (tertiary/aromatic N) is 2. The molecular weight excluding hydrogens is 392 g/mol. The van der Waals surface area contributed by atoms with Gasteiger partial charge in [0.05, 0.1) is 27.2 Å². The number of carbonyl (C=O) groups excluding carboxylic acids is 2. The van der Waals surface area contributed by atoms with Crippen LogP contribution in [0.5, 0.6) is 11.5 Å². The molecule has 0 saturated heterocycles. The second kappa shape index (κ2) is 7.51. The number of hydrogen-bond acceptors (Lipinski definition) is 7. The van der Waals surface area contributed by atoms with Gasteiger partial charge in [-0.15, -0.1) is 11.3 Å². The number of ether oxygens (including phenoxy) is 2. The fraction of sp³-hybridized carbons (Fsp3) is 0.381. The molecule has 2 aromatic rings. The monoisotopic (exact) mass is 414 g/mol. The topological polar surface area (TPSA) is 89.0 Å². The Morgan fingerprint density at radius 2 is 2.00 bits per heavy atom. The highest BCUT2D eigenvalue weighted by molar-refractivity contribution is 7.14. The van der Waals surface area contributed by atoms with Crippen molar-refractivity contribution >= 4 is 23.0 Å². The molecule has 1 amide bonds. The maximum Gasteiger partial charge on any atom is 0.290 e. The molecule has 3 heterocycles.